The number of benzene rings is 1. The van der Waals surface area contributed by atoms with Gasteiger partial charge in [0.15, 0.2) is 0 Å². The highest BCUT2D eigenvalue weighted by Crippen LogP contribution is 2.48. The lowest BCUT2D eigenvalue weighted by molar-refractivity contribution is 0.0544. The summed E-state index contributed by atoms with van der Waals surface area (Å²) in [6.45, 7) is 7.68. The Morgan fingerprint density at radius 1 is 1.14 bits per heavy atom. The number of rotatable bonds is 3. The van der Waals surface area contributed by atoms with E-state index in [1.165, 1.54) is 18.4 Å². The molecule has 0 saturated heterocycles. The second-order valence-corrected chi connectivity index (χ2v) is 9.36. The third kappa shape index (κ3) is 3.90. The zero-order valence-electron chi connectivity index (χ0n) is 17.3. The quantitative estimate of drug-likeness (QED) is 0.779. The third-order valence-corrected chi connectivity index (χ3v) is 5.67. The normalized spacial score (nSPS) is 23.0. The molecule has 0 atom stereocenters. The van der Waals surface area contributed by atoms with Gasteiger partial charge in [-0.05, 0) is 95.4 Å². The molecule has 0 unspecified atom stereocenters. The number of carbonyl (C=O) groups is 1. The minimum absolute atomic E-state index is 0.122. The van der Waals surface area contributed by atoms with Gasteiger partial charge in [-0.1, -0.05) is 0 Å². The monoisotopic (exact) mass is 385 g/mol. The maximum atomic E-state index is 12.7. The van der Waals surface area contributed by atoms with E-state index >= 15 is 0 Å². The Bertz CT molecular complexity index is 880. The van der Waals surface area contributed by atoms with Crippen molar-refractivity contribution in [2.45, 2.75) is 89.9 Å². The number of hydrogen-bond donors (Lipinski definition) is 1. The van der Waals surface area contributed by atoms with Crippen LogP contribution in [0.15, 0.2) is 18.3 Å². The molecule has 0 aliphatic heterocycles. The van der Waals surface area contributed by atoms with E-state index in [0.29, 0.717) is 5.92 Å². The molecule has 1 aromatic heterocycles. The molecule has 0 bridgehead atoms. The molecule has 2 saturated carbocycles. The smallest absolute Gasteiger partial charge is 0.419 e. The van der Waals surface area contributed by atoms with Crippen molar-refractivity contribution in [1.82, 2.24) is 4.57 Å². The van der Waals surface area contributed by atoms with Crippen molar-refractivity contribution < 1.29 is 19.4 Å². The van der Waals surface area contributed by atoms with Gasteiger partial charge >= 0.3 is 6.09 Å². The highest BCUT2D eigenvalue weighted by atomic mass is 16.6. The summed E-state index contributed by atoms with van der Waals surface area (Å²) in [5, 5.41) is 10.8. The number of aryl methyl sites for hydroxylation is 1. The van der Waals surface area contributed by atoms with Crippen molar-refractivity contribution in [3.05, 3.63) is 29.5 Å². The van der Waals surface area contributed by atoms with Gasteiger partial charge in [0.25, 0.3) is 0 Å². The maximum absolute atomic E-state index is 12.7. The number of carbonyl (C=O) groups excluding carboxylic acids is 1. The number of aliphatic hydroxyl groups is 1. The van der Waals surface area contributed by atoms with E-state index in [0.717, 1.165) is 47.9 Å². The van der Waals surface area contributed by atoms with Crippen LogP contribution in [0.1, 0.15) is 76.3 Å². The summed E-state index contributed by atoms with van der Waals surface area (Å²) in [5.41, 5.74) is 2.65. The van der Waals surface area contributed by atoms with Gasteiger partial charge in [0.2, 0.25) is 0 Å². The standard InChI is InChI=1S/C23H31NO4/c1-14-13-19(15-5-6-15)21(27-17-9-7-16(25)8-10-17)18-11-12-24(20(14)18)22(26)28-23(2,3)4/h11-13,15-17,25H,5-10H2,1-4H3. The van der Waals surface area contributed by atoms with Crippen LogP contribution in [-0.2, 0) is 4.74 Å². The molecule has 1 aromatic carbocycles. The highest BCUT2D eigenvalue weighted by molar-refractivity contribution is 5.96. The van der Waals surface area contributed by atoms with Crippen LogP contribution >= 0.6 is 0 Å². The first-order valence-corrected chi connectivity index (χ1v) is 10.5. The molecule has 1 N–H and O–H groups in total. The Balaban J connectivity index is 1.73. The summed E-state index contributed by atoms with van der Waals surface area (Å²) in [6, 6.07) is 4.17. The van der Waals surface area contributed by atoms with Crippen molar-refractivity contribution in [1.29, 1.82) is 0 Å². The van der Waals surface area contributed by atoms with E-state index in [-0.39, 0.29) is 18.3 Å². The summed E-state index contributed by atoms with van der Waals surface area (Å²) < 4.78 is 13.7. The third-order valence-electron chi connectivity index (χ3n) is 5.67. The average Bonchev–Trinajstić information content (AvgIpc) is 3.35. The Morgan fingerprint density at radius 2 is 1.82 bits per heavy atom. The number of hydrogen-bond acceptors (Lipinski definition) is 4. The van der Waals surface area contributed by atoms with Gasteiger partial charge in [-0.15, -0.1) is 0 Å². The number of aliphatic hydroxyl groups excluding tert-OH is 1. The van der Waals surface area contributed by atoms with Crippen LogP contribution in [-0.4, -0.2) is 33.6 Å². The number of ether oxygens (including phenoxy) is 2. The van der Waals surface area contributed by atoms with E-state index in [2.05, 4.69) is 13.0 Å². The van der Waals surface area contributed by atoms with E-state index in [1.54, 1.807) is 10.8 Å². The SMILES string of the molecule is Cc1cc(C2CC2)c(OC2CCC(O)CC2)c2ccn(C(=O)OC(C)(C)C)c12. The molecule has 1 heterocycles. The van der Waals surface area contributed by atoms with Crippen LogP contribution in [0.25, 0.3) is 10.9 Å². The van der Waals surface area contributed by atoms with Crippen molar-refractivity contribution in [3.8, 4) is 5.75 Å². The highest BCUT2D eigenvalue weighted by Gasteiger charge is 2.32. The van der Waals surface area contributed by atoms with Gasteiger partial charge < -0.3 is 14.6 Å². The molecule has 0 amide bonds. The van der Waals surface area contributed by atoms with Gasteiger partial charge in [-0.25, -0.2) is 4.79 Å². The molecule has 2 aromatic rings. The molecule has 4 rings (SSSR count). The zero-order valence-corrected chi connectivity index (χ0v) is 17.3. The Kier molecular flexibility index (Phi) is 4.90. The van der Waals surface area contributed by atoms with E-state index in [9.17, 15) is 9.90 Å². The van der Waals surface area contributed by atoms with E-state index < -0.39 is 5.60 Å². The van der Waals surface area contributed by atoms with Gasteiger partial charge in [0.05, 0.1) is 17.7 Å². The first-order valence-electron chi connectivity index (χ1n) is 10.5. The Morgan fingerprint density at radius 3 is 2.43 bits per heavy atom. The zero-order chi connectivity index (χ0) is 20.1. The fourth-order valence-corrected chi connectivity index (χ4v) is 4.16. The van der Waals surface area contributed by atoms with Crippen molar-refractivity contribution in [2.24, 2.45) is 0 Å². The first-order chi connectivity index (χ1) is 13.2. The topological polar surface area (TPSA) is 60.7 Å². The number of nitrogens with zero attached hydrogens (tertiary/aromatic N) is 1. The Labute approximate surface area is 166 Å². The maximum Gasteiger partial charge on any atom is 0.419 e. The molecule has 2 fully saturated rings. The molecule has 5 nitrogen and oxygen atoms in total. The van der Waals surface area contributed by atoms with Crippen LogP contribution < -0.4 is 4.74 Å². The summed E-state index contributed by atoms with van der Waals surface area (Å²) in [6.07, 6.45) is 7.05. The molecule has 0 radical (unpaired) electrons. The van der Waals surface area contributed by atoms with Crippen LogP contribution in [0, 0.1) is 6.92 Å². The van der Waals surface area contributed by atoms with Crippen LogP contribution in [0.2, 0.25) is 0 Å². The molecule has 0 spiro atoms. The van der Waals surface area contributed by atoms with Crippen LogP contribution in [0.4, 0.5) is 4.79 Å². The van der Waals surface area contributed by atoms with Crippen LogP contribution in [0.3, 0.4) is 0 Å². The molecule has 152 valence electrons. The van der Waals surface area contributed by atoms with Gasteiger partial charge in [-0.2, -0.15) is 0 Å². The first kappa shape index (κ1) is 19.3. The lowest BCUT2D eigenvalue weighted by Gasteiger charge is -2.28. The van der Waals surface area contributed by atoms with E-state index in [1.807, 2.05) is 26.8 Å². The fraction of sp³-hybridized carbons (Fsp3) is 0.609. The lowest BCUT2D eigenvalue weighted by atomic mass is 9.94. The Hall–Kier alpha value is -2.01. The minimum Gasteiger partial charge on any atom is -0.489 e. The molecule has 2 aliphatic carbocycles. The minimum atomic E-state index is -0.544. The van der Waals surface area contributed by atoms with E-state index in [4.69, 9.17) is 9.47 Å². The van der Waals surface area contributed by atoms with Crippen LogP contribution in [0.5, 0.6) is 5.75 Å². The predicted octanol–water partition coefficient (Wildman–Crippen LogP) is 5.29. The summed E-state index contributed by atoms with van der Waals surface area (Å²) in [5.74, 6) is 1.48. The number of fused-ring (bicyclic) bond motifs is 1. The number of aromatic nitrogens is 1. The lowest BCUT2D eigenvalue weighted by Crippen LogP contribution is -2.27. The van der Waals surface area contributed by atoms with Gasteiger partial charge in [0.1, 0.15) is 11.4 Å². The fourth-order valence-electron chi connectivity index (χ4n) is 4.16. The summed E-state index contributed by atoms with van der Waals surface area (Å²) in [4.78, 5) is 12.7. The second-order valence-electron chi connectivity index (χ2n) is 9.36. The van der Waals surface area contributed by atoms with Gasteiger partial charge in [-0.3, -0.25) is 4.57 Å². The van der Waals surface area contributed by atoms with Gasteiger partial charge in [0, 0.05) is 11.6 Å². The summed E-state index contributed by atoms with van der Waals surface area (Å²) in [7, 11) is 0. The molecule has 2 aliphatic rings. The predicted molar refractivity (Wildman–Crippen MR) is 109 cm³/mol. The molecular weight excluding hydrogens is 354 g/mol. The second kappa shape index (κ2) is 7.11. The van der Waals surface area contributed by atoms with Crippen molar-refractivity contribution >= 4 is 17.0 Å². The van der Waals surface area contributed by atoms with Crippen molar-refractivity contribution in [2.75, 3.05) is 0 Å². The van der Waals surface area contributed by atoms with Crippen molar-refractivity contribution in [3.63, 3.8) is 0 Å². The molecule has 5 heteroatoms. The summed E-state index contributed by atoms with van der Waals surface area (Å²) >= 11 is 0. The molecule has 28 heavy (non-hydrogen) atoms. The average molecular weight is 386 g/mol. The largest absolute Gasteiger partial charge is 0.489 e. The molecular formula is C23H31NO4.